The second-order valence-corrected chi connectivity index (χ2v) is 7.51. The van der Waals surface area contributed by atoms with E-state index >= 15 is 0 Å². The highest BCUT2D eigenvalue weighted by molar-refractivity contribution is 6.33. The molecule has 4 aromatic rings. The fourth-order valence-electron chi connectivity index (χ4n) is 3.10. The average molecular weight is 410 g/mol. The van der Waals surface area contributed by atoms with Gasteiger partial charge in [-0.25, -0.2) is 4.52 Å². The largest absolute Gasteiger partial charge is 0.419 e. The molecule has 8 heteroatoms. The lowest BCUT2D eigenvalue weighted by Gasteiger charge is -2.24. The summed E-state index contributed by atoms with van der Waals surface area (Å²) in [6.07, 6.45) is 3.44. The summed E-state index contributed by atoms with van der Waals surface area (Å²) in [6.45, 7) is 6.06. The van der Waals surface area contributed by atoms with E-state index in [0.29, 0.717) is 27.9 Å². The standard InChI is InChI=1S/C21H20ClN5O2/c1-13(2)26(21(28)16-11-23-27-9-8-14(3)10-18(16)27)12-19-24-25-20(29-19)15-6-4-5-7-17(15)22/h4-11,13H,12H2,1-3H3. The van der Waals surface area contributed by atoms with Crippen LogP contribution >= 0.6 is 11.6 Å². The Kier molecular flexibility index (Phi) is 5.07. The van der Waals surface area contributed by atoms with Crippen LogP contribution in [0.3, 0.4) is 0 Å². The highest BCUT2D eigenvalue weighted by Crippen LogP contribution is 2.27. The molecule has 0 unspecified atom stereocenters. The normalized spacial score (nSPS) is 11.3. The van der Waals surface area contributed by atoms with E-state index in [-0.39, 0.29) is 18.5 Å². The van der Waals surface area contributed by atoms with Crippen LogP contribution in [0.1, 0.15) is 35.7 Å². The molecule has 0 spiro atoms. The fraction of sp³-hybridized carbons (Fsp3) is 0.238. The smallest absolute Gasteiger partial charge is 0.258 e. The van der Waals surface area contributed by atoms with Crippen LogP contribution in [0.2, 0.25) is 5.02 Å². The maximum atomic E-state index is 13.3. The van der Waals surface area contributed by atoms with E-state index in [1.807, 2.05) is 57.3 Å². The first-order chi connectivity index (χ1) is 13.9. The highest BCUT2D eigenvalue weighted by Gasteiger charge is 2.25. The molecule has 3 heterocycles. The Morgan fingerprint density at radius 2 is 2.03 bits per heavy atom. The van der Waals surface area contributed by atoms with Crippen molar-refractivity contribution in [2.45, 2.75) is 33.4 Å². The molecular weight excluding hydrogens is 390 g/mol. The van der Waals surface area contributed by atoms with Crippen molar-refractivity contribution in [3.8, 4) is 11.5 Å². The number of carbonyl (C=O) groups is 1. The third-order valence-electron chi connectivity index (χ3n) is 4.67. The van der Waals surface area contributed by atoms with Crippen molar-refractivity contribution in [3.05, 3.63) is 70.8 Å². The summed E-state index contributed by atoms with van der Waals surface area (Å²) in [6, 6.07) is 11.1. The van der Waals surface area contributed by atoms with Gasteiger partial charge in [-0.05, 0) is 50.6 Å². The number of benzene rings is 1. The van der Waals surface area contributed by atoms with Gasteiger partial charge >= 0.3 is 0 Å². The first-order valence-corrected chi connectivity index (χ1v) is 9.64. The summed E-state index contributed by atoms with van der Waals surface area (Å²) in [7, 11) is 0. The molecule has 1 aromatic carbocycles. The number of rotatable bonds is 5. The minimum absolute atomic E-state index is 0.0714. The van der Waals surface area contributed by atoms with Crippen molar-refractivity contribution >= 4 is 23.0 Å². The van der Waals surface area contributed by atoms with Crippen molar-refractivity contribution in [3.63, 3.8) is 0 Å². The summed E-state index contributed by atoms with van der Waals surface area (Å²) in [5.74, 6) is 0.529. The Labute approximate surface area is 172 Å². The average Bonchev–Trinajstić information content (AvgIpc) is 3.32. The van der Waals surface area contributed by atoms with E-state index in [1.165, 1.54) is 0 Å². The predicted molar refractivity (Wildman–Crippen MR) is 110 cm³/mol. The molecule has 0 saturated carbocycles. The predicted octanol–water partition coefficient (Wildman–Crippen LogP) is 4.40. The number of carbonyl (C=O) groups excluding carboxylic acids is 1. The zero-order valence-electron chi connectivity index (χ0n) is 16.3. The first kappa shape index (κ1) is 19.1. The minimum atomic E-state index is -0.141. The molecule has 0 fully saturated rings. The third-order valence-corrected chi connectivity index (χ3v) is 5.00. The van der Waals surface area contributed by atoms with E-state index in [4.69, 9.17) is 16.0 Å². The van der Waals surface area contributed by atoms with Crippen molar-refractivity contribution in [1.82, 2.24) is 24.7 Å². The van der Waals surface area contributed by atoms with Gasteiger partial charge in [-0.1, -0.05) is 23.7 Å². The number of pyridine rings is 1. The molecule has 7 nitrogen and oxygen atoms in total. The van der Waals surface area contributed by atoms with Crippen LogP contribution in [0.5, 0.6) is 0 Å². The summed E-state index contributed by atoms with van der Waals surface area (Å²) >= 11 is 6.21. The van der Waals surface area contributed by atoms with Crippen LogP contribution in [0.25, 0.3) is 17.0 Å². The lowest BCUT2D eigenvalue weighted by atomic mass is 10.1. The van der Waals surface area contributed by atoms with Gasteiger partial charge in [0.25, 0.3) is 5.91 Å². The summed E-state index contributed by atoms with van der Waals surface area (Å²) in [4.78, 5) is 15.0. The molecule has 0 bridgehead atoms. The monoisotopic (exact) mass is 409 g/mol. The number of amides is 1. The van der Waals surface area contributed by atoms with Crippen LogP contribution in [0, 0.1) is 6.92 Å². The molecule has 0 aliphatic rings. The van der Waals surface area contributed by atoms with E-state index < -0.39 is 0 Å². The van der Waals surface area contributed by atoms with Gasteiger partial charge in [0.15, 0.2) is 0 Å². The van der Waals surface area contributed by atoms with Gasteiger partial charge < -0.3 is 9.32 Å². The van der Waals surface area contributed by atoms with Crippen LogP contribution < -0.4 is 0 Å². The lowest BCUT2D eigenvalue weighted by molar-refractivity contribution is 0.0674. The van der Waals surface area contributed by atoms with Gasteiger partial charge in [-0.15, -0.1) is 10.2 Å². The molecule has 148 valence electrons. The summed E-state index contributed by atoms with van der Waals surface area (Å²) in [5, 5.41) is 13.0. The highest BCUT2D eigenvalue weighted by atomic mass is 35.5. The number of aromatic nitrogens is 4. The number of hydrogen-bond acceptors (Lipinski definition) is 5. The number of hydrogen-bond donors (Lipinski definition) is 0. The van der Waals surface area contributed by atoms with Gasteiger partial charge in [0.2, 0.25) is 11.8 Å². The molecule has 0 atom stereocenters. The molecule has 0 N–H and O–H groups in total. The maximum Gasteiger partial charge on any atom is 0.258 e. The second kappa shape index (κ2) is 7.67. The molecular formula is C21H20ClN5O2. The molecule has 1 amide bonds. The minimum Gasteiger partial charge on any atom is -0.419 e. The van der Waals surface area contributed by atoms with Crippen molar-refractivity contribution in [2.24, 2.45) is 0 Å². The van der Waals surface area contributed by atoms with E-state index in [2.05, 4.69) is 15.3 Å². The van der Waals surface area contributed by atoms with Gasteiger partial charge in [-0.3, -0.25) is 4.79 Å². The Morgan fingerprint density at radius 3 is 2.79 bits per heavy atom. The summed E-state index contributed by atoms with van der Waals surface area (Å²) in [5.41, 5.74) is 3.02. The Bertz CT molecular complexity index is 1180. The van der Waals surface area contributed by atoms with Crippen LogP contribution in [0.15, 0.2) is 53.2 Å². The number of halogens is 1. The molecule has 4 rings (SSSR count). The number of fused-ring (bicyclic) bond motifs is 1. The van der Waals surface area contributed by atoms with E-state index in [9.17, 15) is 4.79 Å². The Hall–Kier alpha value is -3.19. The van der Waals surface area contributed by atoms with E-state index in [0.717, 1.165) is 11.1 Å². The lowest BCUT2D eigenvalue weighted by Crippen LogP contribution is -2.36. The van der Waals surface area contributed by atoms with Crippen molar-refractivity contribution in [2.75, 3.05) is 0 Å². The van der Waals surface area contributed by atoms with Crippen LogP contribution in [-0.2, 0) is 6.54 Å². The number of aryl methyl sites for hydroxylation is 1. The second-order valence-electron chi connectivity index (χ2n) is 7.10. The topological polar surface area (TPSA) is 76.5 Å². The molecule has 3 aromatic heterocycles. The van der Waals surface area contributed by atoms with Gasteiger partial charge in [0, 0.05) is 12.2 Å². The van der Waals surface area contributed by atoms with Gasteiger partial charge in [0.1, 0.15) is 0 Å². The van der Waals surface area contributed by atoms with E-state index in [1.54, 1.807) is 21.7 Å². The Morgan fingerprint density at radius 1 is 1.24 bits per heavy atom. The maximum absolute atomic E-state index is 13.3. The first-order valence-electron chi connectivity index (χ1n) is 9.26. The molecule has 0 aliphatic heterocycles. The zero-order valence-corrected chi connectivity index (χ0v) is 17.1. The van der Waals surface area contributed by atoms with Crippen LogP contribution in [-0.4, -0.2) is 36.7 Å². The quantitative estimate of drug-likeness (QED) is 0.488. The fourth-order valence-corrected chi connectivity index (χ4v) is 3.32. The molecule has 0 radical (unpaired) electrons. The van der Waals surface area contributed by atoms with Crippen molar-refractivity contribution < 1.29 is 9.21 Å². The molecule has 29 heavy (non-hydrogen) atoms. The molecule has 0 aliphatic carbocycles. The SMILES string of the molecule is Cc1ccn2ncc(C(=O)N(Cc3nnc(-c4ccccc4Cl)o3)C(C)C)c2c1. The third kappa shape index (κ3) is 3.73. The van der Waals surface area contributed by atoms with Crippen LogP contribution in [0.4, 0.5) is 0 Å². The van der Waals surface area contributed by atoms with Crippen molar-refractivity contribution in [1.29, 1.82) is 0 Å². The Balaban J connectivity index is 1.62. The van der Waals surface area contributed by atoms with Gasteiger partial charge in [0.05, 0.1) is 34.4 Å². The van der Waals surface area contributed by atoms with Gasteiger partial charge in [-0.2, -0.15) is 5.10 Å². The summed E-state index contributed by atoms with van der Waals surface area (Å²) < 4.78 is 7.48. The number of nitrogens with zero attached hydrogens (tertiary/aromatic N) is 5. The molecule has 0 saturated heterocycles. The zero-order chi connectivity index (χ0) is 20.5.